The van der Waals surface area contributed by atoms with Crippen LogP contribution in [0.15, 0.2) is 0 Å². The summed E-state index contributed by atoms with van der Waals surface area (Å²) in [5, 5.41) is 2.87. The Balaban J connectivity index is 2.77. The van der Waals surface area contributed by atoms with Crippen LogP contribution in [0.4, 0.5) is 4.79 Å². The smallest absolute Gasteiger partial charge is 0.407 e. The first-order valence-corrected chi connectivity index (χ1v) is 4.30. The highest BCUT2D eigenvalue weighted by Crippen LogP contribution is 2.34. The number of carbonyl (C=O) groups is 1. The molecule has 1 N–H and O–H groups in total. The Morgan fingerprint density at radius 2 is 2.08 bits per heavy atom. The SMILES string of the molecule is CC(C)(C)C1(C)CCOC(=O)N1. The molecule has 1 heterocycles. The molecule has 1 unspecified atom stereocenters. The number of alkyl carbamates (subject to hydrolysis) is 1. The molecule has 0 bridgehead atoms. The molecule has 70 valence electrons. The maximum atomic E-state index is 11.0. The number of hydrogen-bond acceptors (Lipinski definition) is 2. The van der Waals surface area contributed by atoms with Crippen LogP contribution in [0.3, 0.4) is 0 Å². The largest absolute Gasteiger partial charge is 0.449 e. The van der Waals surface area contributed by atoms with Crippen molar-refractivity contribution in [3.05, 3.63) is 0 Å². The highest BCUT2D eigenvalue weighted by atomic mass is 16.6. The van der Waals surface area contributed by atoms with Gasteiger partial charge in [-0.15, -0.1) is 0 Å². The van der Waals surface area contributed by atoms with E-state index in [-0.39, 0.29) is 17.0 Å². The molecule has 0 spiro atoms. The molecule has 1 saturated heterocycles. The summed E-state index contributed by atoms with van der Waals surface area (Å²) >= 11 is 0. The predicted molar refractivity (Wildman–Crippen MR) is 47.0 cm³/mol. The van der Waals surface area contributed by atoms with E-state index >= 15 is 0 Å². The van der Waals surface area contributed by atoms with Gasteiger partial charge in [-0.05, 0) is 12.3 Å². The van der Waals surface area contributed by atoms with Crippen LogP contribution in [0.2, 0.25) is 0 Å². The van der Waals surface area contributed by atoms with Gasteiger partial charge in [0.25, 0.3) is 0 Å². The zero-order valence-corrected chi connectivity index (χ0v) is 8.23. The van der Waals surface area contributed by atoms with Gasteiger partial charge in [0.15, 0.2) is 0 Å². The van der Waals surface area contributed by atoms with Crippen LogP contribution >= 0.6 is 0 Å². The van der Waals surface area contributed by atoms with Gasteiger partial charge in [0.05, 0.1) is 6.61 Å². The molecule has 1 aliphatic heterocycles. The van der Waals surface area contributed by atoms with Crippen molar-refractivity contribution in [2.45, 2.75) is 39.7 Å². The Morgan fingerprint density at radius 3 is 2.42 bits per heavy atom. The fraction of sp³-hybridized carbons (Fsp3) is 0.889. The van der Waals surface area contributed by atoms with Crippen molar-refractivity contribution in [2.75, 3.05) is 6.61 Å². The zero-order valence-electron chi connectivity index (χ0n) is 8.23. The van der Waals surface area contributed by atoms with E-state index in [1.807, 2.05) is 0 Å². The topological polar surface area (TPSA) is 38.3 Å². The molecule has 1 rings (SSSR count). The van der Waals surface area contributed by atoms with Gasteiger partial charge in [-0.1, -0.05) is 20.8 Å². The first kappa shape index (κ1) is 9.36. The molecule has 0 radical (unpaired) electrons. The molecule has 0 aromatic carbocycles. The second-order valence-corrected chi connectivity index (χ2v) is 4.59. The summed E-state index contributed by atoms with van der Waals surface area (Å²) in [5.41, 5.74) is -0.0607. The number of hydrogen-bond donors (Lipinski definition) is 1. The molecular formula is C9H17NO2. The maximum absolute atomic E-state index is 11.0. The molecule has 1 atom stereocenters. The van der Waals surface area contributed by atoms with E-state index in [0.29, 0.717) is 6.61 Å². The van der Waals surface area contributed by atoms with Crippen LogP contribution < -0.4 is 5.32 Å². The Morgan fingerprint density at radius 1 is 1.50 bits per heavy atom. The van der Waals surface area contributed by atoms with Crippen molar-refractivity contribution in [3.8, 4) is 0 Å². The summed E-state index contributed by atoms with van der Waals surface area (Å²) < 4.78 is 4.82. The first-order chi connectivity index (χ1) is 5.35. The Bertz CT molecular complexity index is 195. The highest BCUT2D eigenvalue weighted by Gasteiger charge is 2.41. The van der Waals surface area contributed by atoms with Crippen molar-refractivity contribution < 1.29 is 9.53 Å². The third kappa shape index (κ3) is 1.54. The van der Waals surface area contributed by atoms with Crippen LogP contribution in [-0.2, 0) is 4.74 Å². The summed E-state index contributed by atoms with van der Waals surface area (Å²) in [6.07, 6.45) is 0.584. The van der Waals surface area contributed by atoms with Crippen molar-refractivity contribution in [1.29, 1.82) is 0 Å². The molecule has 0 aliphatic carbocycles. The molecule has 1 amide bonds. The molecule has 0 aromatic rings. The van der Waals surface area contributed by atoms with Gasteiger partial charge in [-0.3, -0.25) is 0 Å². The van der Waals surface area contributed by atoms with E-state index in [1.54, 1.807) is 0 Å². The van der Waals surface area contributed by atoms with Crippen LogP contribution in [0, 0.1) is 5.41 Å². The first-order valence-electron chi connectivity index (χ1n) is 4.30. The van der Waals surface area contributed by atoms with E-state index in [4.69, 9.17) is 4.74 Å². The van der Waals surface area contributed by atoms with Gasteiger partial charge in [0, 0.05) is 12.0 Å². The lowest BCUT2D eigenvalue weighted by Gasteiger charge is -2.44. The van der Waals surface area contributed by atoms with Crippen molar-refractivity contribution >= 4 is 6.09 Å². The van der Waals surface area contributed by atoms with Gasteiger partial charge in [0.1, 0.15) is 0 Å². The zero-order chi connectivity index (χ0) is 9.41. The predicted octanol–water partition coefficient (Wildman–Crippen LogP) is 1.92. The van der Waals surface area contributed by atoms with Crippen LogP contribution in [0.1, 0.15) is 34.1 Å². The van der Waals surface area contributed by atoms with Crippen molar-refractivity contribution in [2.24, 2.45) is 5.41 Å². The van der Waals surface area contributed by atoms with E-state index < -0.39 is 0 Å². The van der Waals surface area contributed by atoms with E-state index in [1.165, 1.54) is 0 Å². The van der Waals surface area contributed by atoms with Crippen molar-refractivity contribution in [1.82, 2.24) is 5.32 Å². The molecule has 1 fully saturated rings. The Labute approximate surface area is 73.5 Å². The second-order valence-electron chi connectivity index (χ2n) is 4.59. The average molecular weight is 171 g/mol. The van der Waals surface area contributed by atoms with Gasteiger partial charge >= 0.3 is 6.09 Å². The summed E-state index contributed by atoms with van der Waals surface area (Å²) in [6, 6.07) is 0. The lowest BCUT2D eigenvalue weighted by molar-refractivity contribution is 0.0469. The monoisotopic (exact) mass is 171 g/mol. The highest BCUT2D eigenvalue weighted by molar-refractivity contribution is 5.69. The average Bonchev–Trinajstić information content (AvgIpc) is 1.83. The Hall–Kier alpha value is -0.730. The van der Waals surface area contributed by atoms with Gasteiger partial charge in [-0.25, -0.2) is 4.79 Å². The molecular weight excluding hydrogens is 154 g/mol. The maximum Gasteiger partial charge on any atom is 0.407 e. The van der Waals surface area contributed by atoms with Gasteiger partial charge < -0.3 is 10.1 Å². The number of carbonyl (C=O) groups excluding carboxylic acids is 1. The number of rotatable bonds is 0. The fourth-order valence-corrected chi connectivity index (χ4v) is 1.23. The lowest BCUT2D eigenvalue weighted by Crippen LogP contribution is -2.58. The minimum absolute atomic E-state index is 0.0758. The number of amides is 1. The number of nitrogens with one attached hydrogen (secondary N) is 1. The number of cyclic esters (lactones) is 1. The third-order valence-electron chi connectivity index (χ3n) is 2.87. The normalized spacial score (nSPS) is 30.8. The van der Waals surface area contributed by atoms with E-state index in [9.17, 15) is 4.79 Å². The van der Waals surface area contributed by atoms with Crippen LogP contribution in [0.25, 0.3) is 0 Å². The van der Waals surface area contributed by atoms with E-state index in [0.717, 1.165) is 6.42 Å². The molecule has 12 heavy (non-hydrogen) atoms. The molecule has 0 aromatic heterocycles. The number of ether oxygens (including phenoxy) is 1. The second kappa shape index (κ2) is 2.64. The summed E-state index contributed by atoms with van der Waals surface area (Å²) in [4.78, 5) is 11.0. The van der Waals surface area contributed by atoms with Gasteiger partial charge in [0.2, 0.25) is 0 Å². The van der Waals surface area contributed by atoms with Crippen LogP contribution in [0.5, 0.6) is 0 Å². The fourth-order valence-electron chi connectivity index (χ4n) is 1.23. The molecule has 3 nitrogen and oxygen atoms in total. The van der Waals surface area contributed by atoms with Gasteiger partial charge in [-0.2, -0.15) is 0 Å². The summed E-state index contributed by atoms with van der Waals surface area (Å²) in [6.45, 7) is 8.96. The lowest BCUT2D eigenvalue weighted by atomic mass is 9.72. The van der Waals surface area contributed by atoms with Crippen molar-refractivity contribution in [3.63, 3.8) is 0 Å². The minimum Gasteiger partial charge on any atom is -0.449 e. The standard InChI is InChI=1S/C9H17NO2/c1-8(2,3)9(4)5-6-12-7(11)10-9/h5-6H2,1-4H3,(H,10,11). The summed E-state index contributed by atoms with van der Waals surface area (Å²) in [7, 11) is 0. The summed E-state index contributed by atoms with van der Waals surface area (Å²) in [5.74, 6) is 0. The molecule has 3 heteroatoms. The quantitative estimate of drug-likeness (QED) is 0.604. The van der Waals surface area contributed by atoms with E-state index in [2.05, 4.69) is 33.0 Å². The molecule has 1 aliphatic rings. The molecule has 0 saturated carbocycles. The third-order valence-corrected chi connectivity index (χ3v) is 2.87. The minimum atomic E-state index is -0.293. The van der Waals surface area contributed by atoms with Crippen LogP contribution in [-0.4, -0.2) is 18.2 Å². The Kier molecular flexibility index (Phi) is 2.06.